The van der Waals surface area contributed by atoms with Crippen molar-refractivity contribution >= 4 is 5.96 Å². The van der Waals surface area contributed by atoms with Crippen molar-refractivity contribution in [1.29, 1.82) is 0 Å². The second kappa shape index (κ2) is 4.62. The molecule has 92 valence electrons. The highest BCUT2D eigenvalue weighted by molar-refractivity contribution is 5.81. The monoisotopic (exact) mass is 225 g/mol. The molecular weight excluding hydrogens is 202 g/mol. The minimum Gasteiger partial charge on any atom is -0.383 e. The van der Waals surface area contributed by atoms with E-state index in [0.29, 0.717) is 5.96 Å². The smallest absolute Gasteiger partial charge is 0.191 e. The zero-order valence-electron chi connectivity index (χ0n) is 10.4. The van der Waals surface area contributed by atoms with Crippen LogP contribution in [0.1, 0.15) is 32.6 Å². The van der Waals surface area contributed by atoms with Crippen molar-refractivity contribution in [3.63, 3.8) is 0 Å². The molecule has 1 spiro atoms. The van der Waals surface area contributed by atoms with E-state index < -0.39 is 0 Å². The third kappa shape index (κ3) is 2.03. The van der Waals surface area contributed by atoms with E-state index in [4.69, 9.17) is 10.5 Å². The van der Waals surface area contributed by atoms with Crippen molar-refractivity contribution in [2.75, 3.05) is 26.8 Å². The van der Waals surface area contributed by atoms with E-state index in [-0.39, 0.29) is 5.54 Å². The molecule has 2 rings (SSSR count). The SMILES string of the molecule is COCCN1C(N)=NCC12CCC(C)CC2. The highest BCUT2D eigenvalue weighted by Crippen LogP contribution is 2.38. The minimum atomic E-state index is 0.217. The Hall–Kier alpha value is -0.770. The van der Waals surface area contributed by atoms with E-state index in [1.165, 1.54) is 25.7 Å². The zero-order chi connectivity index (χ0) is 11.6. The van der Waals surface area contributed by atoms with E-state index in [9.17, 15) is 0 Å². The van der Waals surface area contributed by atoms with Gasteiger partial charge < -0.3 is 15.4 Å². The maximum atomic E-state index is 5.98. The number of aliphatic imine (C=N–C) groups is 1. The summed E-state index contributed by atoms with van der Waals surface area (Å²) in [6.07, 6.45) is 5.04. The predicted octanol–water partition coefficient (Wildman–Crippen LogP) is 1.21. The third-order valence-electron chi connectivity index (χ3n) is 4.11. The van der Waals surface area contributed by atoms with Crippen molar-refractivity contribution in [3.8, 4) is 0 Å². The number of guanidine groups is 1. The molecule has 1 aliphatic heterocycles. The Morgan fingerprint density at radius 2 is 2.19 bits per heavy atom. The molecule has 0 atom stereocenters. The first-order chi connectivity index (χ1) is 7.68. The molecule has 0 saturated heterocycles. The van der Waals surface area contributed by atoms with E-state index in [0.717, 1.165) is 25.6 Å². The summed E-state index contributed by atoms with van der Waals surface area (Å²) in [5.41, 5.74) is 6.20. The van der Waals surface area contributed by atoms with Crippen molar-refractivity contribution in [2.45, 2.75) is 38.1 Å². The average molecular weight is 225 g/mol. The molecule has 1 heterocycles. The lowest BCUT2D eigenvalue weighted by Crippen LogP contribution is -2.54. The summed E-state index contributed by atoms with van der Waals surface area (Å²) in [7, 11) is 1.74. The Labute approximate surface area is 97.9 Å². The fourth-order valence-corrected chi connectivity index (χ4v) is 2.90. The van der Waals surface area contributed by atoms with Crippen molar-refractivity contribution in [2.24, 2.45) is 16.6 Å². The van der Waals surface area contributed by atoms with E-state index in [2.05, 4.69) is 16.8 Å². The molecule has 2 N–H and O–H groups in total. The van der Waals surface area contributed by atoms with Crippen molar-refractivity contribution in [1.82, 2.24) is 4.90 Å². The van der Waals surface area contributed by atoms with Gasteiger partial charge >= 0.3 is 0 Å². The number of hydrogen-bond acceptors (Lipinski definition) is 4. The van der Waals surface area contributed by atoms with Gasteiger partial charge in [-0.25, -0.2) is 0 Å². The summed E-state index contributed by atoms with van der Waals surface area (Å²) < 4.78 is 5.15. The summed E-state index contributed by atoms with van der Waals surface area (Å²) in [4.78, 5) is 6.72. The van der Waals surface area contributed by atoms with Crippen LogP contribution in [0.3, 0.4) is 0 Å². The Morgan fingerprint density at radius 1 is 1.50 bits per heavy atom. The molecule has 1 fully saturated rings. The summed E-state index contributed by atoms with van der Waals surface area (Å²) in [6.45, 7) is 4.83. The fourth-order valence-electron chi connectivity index (χ4n) is 2.90. The fraction of sp³-hybridized carbons (Fsp3) is 0.917. The van der Waals surface area contributed by atoms with Crippen LogP contribution in [0.2, 0.25) is 0 Å². The van der Waals surface area contributed by atoms with Crippen LogP contribution in [-0.2, 0) is 4.74 Å². The van der Waals surface area contributed by atoms with E-state index in [1.807, 2.05) is 0 Å². The lowest BCUT2D eigenvalue weighted by Gasteiger charge is -2.43. The Bertz CT molecular complexity index is 269. The van der Waals surface area contributed by atoms with Crippen molar-refractivity contribution in [3.05, 3.63) is 0 Å². The van der Waals surface area contributed by atoms with Crippen LogP contribution in [0.15, 0.2) is 4.99 Å². The maximum Gasteiger partial charge on any atom is 0.191 e. The average Bonchev–Trinajstić information content (AvgIpc) is 2.58. The number of hydrogen-bond donors (Lipinski definition) is 1. The van der Waals surface area contributed by atoms with Gasteiger partial charge in [-0.2, -0.15) is 0 Å². The highest BCUT2D eigenvalue weighted by atomic mass is 16.5. The lowest BCUT2D eigenvalue weighted by molar-refractivity contribution is 0.0896. The first-order valence-corrected chi connectivity index (χ1v) is 6.24. The van der Waals surface area contributed by atoms with Crippen LogP contribution in [-0.4, -0.2) is 43.2 Å². The van der Waals surface area contributed by atoms with Crippen LogP contribution in [0, 0.1) is 5.92 Å². The molecular formula is C12H23N3O. The molecule has 0 bridgehead atoms. The first kappa shape index (κ1) is 11.7. The molecule has 16 heavy (non-hydrogen) atoms. The van der Waals surface area contributed by atoms with Crippen molar-refractivity contribution < 1.29 is 4.74 Å². The maximum absolute atomic E-state index is 5.98. The van der Waals surface area contributed by atoms with Gasteiger partial charge in [0.05, 0.1) is 18.7 Å². The summed E-state index contributed by atoms with van der Waals surface area (Å²) in [5.74, 6) is 1.57. The van der Waals surface area contributed by atoms with Crippen LogP contribution in [0.25, 0.3) is 0 Å². The van der Waals surface area contributed by atoms with Gasteiger partial charge in [-0.15, -0.1) is 0 Å². The number of rotatable bonds is 3. The largest absolute Gasteiger partial charge is 0.383 e. The van der Waals surface area contributed by atoms with Crippen LogP contribution in [0.4, 0.5) is 0 Å². The van der Waals surface area contributed by atoms with Gasteiger partial charge in [-0.05, 0) is 31.6 Å². The van der Waals surface area contributed by atoms with Gasteiger partial charge in [0.1, 0.15) is 0 Å². The summed E-state index contributed by atoms with van der Waals surface area (Å²) >= 11 is 0. The molecule has 4 heteroatoms. The Balaban J connectivity index is 2.03. The topological polar surface area (TPSA) is 50.9 Å². The number of nitrogens with two attached hydrogens (primary N) is 1. The van der Waals surface area contributed by atoms with Gasteiger partial charge in [0, 0.05) is 13.7 Å². The molecule has 0 amide bonds. The minimum absolute atomic E-state index is 0.217. The molecule has 0 aromatic heterocycles. The second-order valence-electron chi connectivity index (χ2n) is 5.23. The molecule has 0 aromatic rings. The van der Waals surface area contributed by atoms with Gasteiger partial charge in [-0.3, -0.25) is 4.99 Å². The first-order valence-electron chi connectivity index (χ1n) is 6.24. The van der Waals surface area contributed by atoms with E-state index in [1.54, 1.807) is 7.11 Å². The molecule has 2 aliphatic rings. The Morgan fingerprint density at radius 3 is 2.81 bits per heavy atom. The van der Waals surface area contributed by atoms with E-state index >= 15 is 0 Å². The molecule has 4 nitrogen and oxygen atoms in total. The molecule has 0 radical (unpaired) electrons. The molecule has 0 aromatic carbocycles. The molecule has 1 saturated carbocycles. The second-order valence-corrected chi connectivity index (χ2v) is 5.23. The van der Waals surface area contributed by atoms with Gasteiger partial charge in [0.15, 0.2) is 5.96 Å². The quantitative estimate of drug-likeness (QED) is 0.785. The molecule has 0 unspecified atom stereocenters. The van der Waals surface area contributed by atoms with Gasteiger partial charge in [-0.1, -0.05) is 6.92 Å². The third-order valence-corrected chi connectivity index (χ3v) is 4.11. The van der Waals surface area contributed by atoms with Gasteiger partial charge in [0.25, 0.3) is 0 Å². The van der Waals surface area contributed by atoms with Crippen LogP contribution >= 0.6 is 0 Å². The molecule has 1 aliphatic carbocycles. The number of methoxy groups -OCH3 is 1. The van der Waals surface area contributed by atoms with Crippen LogP contribution in [0.5, 0.6) is 0 Å². The zero-order valence-corrected chi connectivity index (χ0v) is 10.4. The number of ether oxygens (including phenoxy) is 1. The van der Waals surface area contributed by atoms with Crippen LogP contribution < -0.4 is 5.73 Å². The van der Waals surface area contributed by atoms with Gasteiger partial charge in [0.2, 0.25) is 0 Å². The summed E-state index contributed by atoms with van der Waals surface area (Å²) in [5, 5.41) is 0. The Kier molecular flexibility index (Phi) is 3.38. The predicted molar refractivity (Wildman–Crippen MR) is 65.4 cm³/mol. The highest BCUT2D eigenvalue weighted by Gasteiger charge is 2.43. The lowest BCUT2D eigenvalue weighted by atomic mass is 9.76. The standard InChI is InChI=1S/C12H23N3O/c1-10-3-5-12(6-4-10)9-14-11(13)15(12)7-8-16-2/h10H,3-9H2,1-2H3,(H2,13,14). The summed E-state index contributed by atoms with van der Waals surface area (Å²) in [6, 6.07) is 0. The number of nitrogens with zero attached hydrogens (tertiary/aromatic N) is 2. The normalized spacial score (nSPS) is 34.5.